The van der Waals surface area contributed by atoms with Crippen LogP contribution in [0.5, 0.6) is 0 Å². The summed E-state index contributed by atoms with van der Waals surface area (Å²) < 4.78 is 0. The molecule has 1 N–H and O–H groups in total. The number of hydrogen-bond donors (Lipinski definition) is 1. The van der Waals surface area contributed by atoms with Gasteiger partial charge in [0, 0.05) is 17.8 Å². The summed E-state index contributed by atoms with van der Waals surface area (Å²) in [5, 5.41) is 3.79. The van der Waals surface area contributed by atoms with E-state index in [9.17, 15) is 0 Å². The highest BCUT2D eigenvalue weighted by Crippen LogP contribution is 2.38. The van der Waals surface area contributed by atoms with Gasteiger partial charge in [0.05, 0.1) is 0 Å². The van der Waals surface area contributed by atoms with Crippen molar-refractivity contribution in [2.75, 3.05) is 12.0 Å². The molecule has 15 heavy (non-hydrogen) atoms. The average molecular weight is 229 g/mol. The van der Waals surface area contributed by atoms with Crippen LogP contribution in [0.1, 0.15) is 47.0 Å². The van der Waals surface area contributed by atoms with Crippen LogP contribution < -0.4 is 5.32 Å². The van der Waals surface area contributed by atoms with Crippen molar-refractivity contribution in [1.82, 2.24) is 5.32 Å². The monoisotopic (exact) mass is 229 g/mol. The Morgan fingerprint density at radius 2 is 2.13 bits per heavy atom. The molecule has 3 unspecified atom stereocenters. The zero-order chi connectivity index (χ0) is 11.5. The van der Waals surface area contributed by atoms with Crippen LogP contribution in [0, 0.1) is 11.3 Å². The molecule has 2 heteroatoms. The van der Waals surface area contributed by atoms with Crippen LogP contribution in [-0.4, -0.2) is 24.1 Å². The zero-order valence-corrected chi connectivity index (χ0v) is 11.8. The van der Waals surface area contributed by atoms with E-state index in [1.165, 1.54) is 25.0 Å². The Bertz CT molecular complexity index is 191. The molecule has 0 spiro atoms. The molecular weight excluding hydrogens is 202 g/mol. The number of thioether (sulfide) groups is 1. The Balaban J connectivity index is 2.38. The van der Waals surface area contributed by atoms with Gasteiger partial charge in [-0.25, -0.2) is 0 Å². The minimum atomic E-state index is 0.570. The predicted octanol–water partition coefficient (Wildman–Crippen LogP) is 3.54. The first-order valence-corrected chi connectivity index (χ1v) is 7.59. The molecule has 0 bridgehead atoms. The van der Waals surface area contributed by atoms with Gasteiger partial charge in [-0.15, -0.1) is 0 Å². The fraction of sp³-hybridized carbons (Fsp3) is 1.00. The van der Waals surface area contributed by atoms with E-state index in [2.05, 4.69) is 39.3 Å². The SMILES string of the molecule is CSCC(C)NC1CCC(C)(C)CC1C. The highest BCUT2D eigenvalue weighted by atomic mass is 32.2. The third-order valence-electron chi connectivity index (χ3n) is 3.61. The molecule has 1 rings (SSSR count). The van der Waals surface area contributed by atoms with E-state index in [4.69, 9.17) is 0 Å². The van der Waals surface area contributed by atoms with Crippen molar-refractivity contribution in [2.24, 2.45) is 11.3 Å². The fourth-order valence-corrected chi connectivity index (χ4v) is 3.45. The number of hydrogen-bond acceptors (Lipinski definition) is 2. The van der Waals surface area contributed by atoms with Crippen molar-refractivity contribution in [3.63, 3.8) is 0 Å². The van der Waals surface area contributed by atoms with Crippen molar-refractivity contribution < 1.29 is 0 Å². The first-order chi connectivity index (χ1) is 6.94. The number of rotatable bonds is 4. The summed E-state index contributed by atoms with van der Waals surface area (Å²) in [7, 11) is 0. The molecule has 0 heterocycles. The van der Waals surface area contributed by atoms with Gasteiger partial charge in [0.1, 0.15) is 0 Å². The molecule has 3 atom stereocenters. The second kappa shape index (κ2) is 5.58. The van der Waals surface area contributed by atoms with Gasteiger partial charge in [-0.2, -0.15) is 11.8 Å². The molecule has 90 valence electrons. The molecular formula is C13H27NS. The predicted molar refractivity (Wildman–Crippen MR) is 71.6 cm³/mol. The summed E-state index contributed by atoms with van der Waals surface area (Å²) in [6, 6.07) is 1.41. The second-order valence-corrected chi connectivity index (χ2v) is 6.92. The summed E-state index contributed by atoms with van der Waals surface area (Å²) in [5.41, 5.74) is 0.570. The normalized spacial score (nSPS) is 32.6. The largest absolute Gasteiger partial charge is 0.310 e. The molecule has 0 aromatic rings. The molecule has 0 radical (unpaired) electrons. The smallest absolute Gasteiger partial charge is 0.0132 e. The van der Waals surface area contributed by atoms with Crippen LogP contribution in [0.2, 0.25) is 0 Å². The van der Waals surface area contributed by atoms with Crippen molar-refractivity contribution in [3.05, 3.63) is 0 Å². The maximum absolute atomic E-state index is 3.79. The van der Waals surface area contributed by atoms with Gasteiger partial charge < -0.3 is 5.32 Å². The van der Waals surface area contributed by atoms with Crippen molar-refractivity contribution in [1.29, 1.82) is 0 Å². The maximum Gasteiger partial charge on any atom is 0.0132 e. The quantitative estimate of drug-likeness (QED) is 0.791. The molecule has 1 saturated carbocycles. The first kappa shape index (κ1) is 13.4. The van der Waals surface area contributed by atoms with Crippen LogP contribution in [0.4, 0.5) is 0 Å². The maximum atomic E-state index is 3.79. The summed E-state index contributed by atoms with van der Waals surface area (Å²) in [4.78, 5) is 0. The summed E-state index contributed by atoms with van der Waals surface area (Å²) in [5.74, 6) is 2.06. The molecule has 0 amide bonds. The molecule has 0 aliphatic heterocycles. The van der Waals surface area contributed by atoms with Gasteiger partial charge in [0.25, 0.3) is 0 Å². The summed E-state index contributed by atoms with van der Waals surface area (Å²) in [6.45, 7) is 9.53. The van der Waals surface area contributed by atoms with Crippen LogP contribution in [0.25, 0.3) is 0 Å². The van der Waals surface area contributed by atoms with E-state index < -0.39 is 0 Å². The summed E-state index contributed by atoms with van der Waals surface area (Å²) in [6.07, 6.45) is 6.29. The highest BCUT2D eigenvalue weighted by molar-refractivity contribution is 7.98. The molecule has 1 aliphatic carbocycles. The third-order valence-corrected chi connectivity index (χ3v) is 4.44. The average Bonchev–Trinajstić information content (AvgIpc) is 2.10. The van der Waals surface area contributed by atoms with Gasteiger partial charge in [0.15, 0.2) is 0 Å². The van der Waals surface area contributed by atoms with Crippen molar-refractivity contribution >= 4 is 11.8 Å². The van der Waals surface area contributed by atoms with Gasteiger partial charge in [-0.3, -0.25) is 0 Å². The van der Waals surface area contributed by atoms with E-state index in [0.29, 0.717) is 11.5 Å². The minimum absolute atomic E-state index is 0.570. The van der Waals surface area contributed by atoms with E-state index in [1.54, 1.807) is 0 Å². The second-order valence-electron chi connectivity index (χ2n) is 6.01. The van der Waals surface area contributed by atoms with Crippen molar-refractivity contribution in [3.8, 4) is 0 Å². The van der Waals surface area contributed by atoms with Crippen molar-refractivity contribution in [2.45, 2.75) is 59.0 Å². The minimum Gasteiger partial charge on any atom is -0.310 e. The zero-order valence-electron chi connectivity index (χ0n) is 11.0. The Labute approximate surface area is 99.8 Å². The lowest BCUT2D eigenvalue weighted by Crippen LogP contribution is -2.46. The third kappa shape index (κ3) is 4.36. The lowest BCUT2D eigenvalue weighted by atomic mass is 9.70. The highest BCUT2D eigenvalue weighted by Gasteiger charge is 2.32. The Morgan fingerprint density at radius 1 is 1.47 bits per heavy atom. The van der Waals surface area contributed by atoms with E-state index in [-0.39, 0.29) is 0 Å². The Hall–Kier alpha value is 0.310. The van der Waals surface area contributed by atoms with Gasteiger partial charge in [-0.1, -0.05) is 20.8 Å². The molecule has 1 nitrogen and oxygen atoms in total. The van der Waals surface area contributed by atoms with Crippen LogP contribution in [0.3, 0.4) is 0 Å². The van der Waals surface area contributed by atoms with Gasteiger partial charge in [-0.05, 0) is 43.8 Å². The Morgan fingerprint density at radius 3 is 2.67 bits per heavy atom. The lowest BCUT2D eigenvalue weighted by molar-refractivity contribution is 0.144. The van der Waals surface area contributed by atoms with E-state index >= 15 is 0 Å². The summed E-state index contributed by atoms with van der Waals surface area (Å²) >= 11 is 1.94. The van der Waals surface area contributed by atoms with Gasteiger partial charge >= 0.3 is 0 Å². The molecule has 0 aromatic heterocycles. The fourth-order valence-electron chi connectivity index (χ4n) is 2.86. The standard InChI is InChI=1S/C13H27NS/c1-10-8-13(3,4)7-6-12(10)14-11(2)9-15-5/h10-12,14H,6-9H2,1-5H3. The molecule has 0 saturated heterocycles. The van der Waals surface area contributed by atoms with E-state index in [1.807, 2.05) is 11.8 Å². The molecule has 1 fully saturated rings. The lowest BCUT2D eigenvalue weighted by Gasteiger charge is -2.40. The first-order valence-electron chi connectivity index (χ1n) is 6.19. The van der Waals surface area contributed by atoms with E-state index in [0.717, 1.165) is 12.0 Å². The number of nitrogens with one attached hydrogen (secondary N) is 1. The van der Waals surface area contributed by atoms with Crippen LogP contribution >= 0.6 is 11.8 Å². The van der Waals surface area contributed by atoms with Gasteiger partial charge in [0.2, 0.25) is 0 Å². The molecule has 0 aromatic carbocycles. The Kier molecular flexibility index (Phi) is 4.98. The topological polar surface area (TPSA) is 12.0 Å². The van der Waals surface area contributed by atoms with Crippen LogP contribution in [0.15, 0.2) is 0 Å². The molecule has 1 aliphatic rings. The van der Waals surface area contributed by atoms with Crippen LogP contribution in [-0.2, 0) is 0 Å².